The minimum absolute atomic E-state index is 0.00399. The number of pyridine rings is 1. The molecule has 0 aliphatic rings. The Morgan fingerprint density at radius 1 is 1.21 bits per heavy atom. The van der Waals surface area contributed by atoms with Gasteiger partial charge in [0, 0.05) is 31.9 Å². The van der Waals surface area contributed by atoms with Crippen LogP contribution in [-0.4, -0.2) is 41.1 Å². The number of nitrogens with zero attached hydrogens (tertiary/aromatic N) is 3. The van der Waals surface area contributed by atoms with E-state index in [0.717, 1.165) is 42.6 Å². The zero-order chi connectivity index (χ0) is 19.8. The average Bonchev–Trinajstić information content (AvgIpc) is 3.09. The molecular weight excluding hydrogens is 350 g/mol. The molecule has 0 saturated carbocycles. The van der Waals surface area contributed by atoms with E-state index in [-0.39, 0.29) is 6.10 Å². The molecule has 0 aliphatic carbocycles. The normalized spacial score (nSPS) is 12.8. The molecule has 0 spiro atoms. The Morgan fingerprint density at radius 3 is 2.89 bits per heavy atom. The molecule has 1 aromatic carbocycles. The minimum Gasteiger partial charge on any atom is -0.489 e. The summed E-state index contributed by atoms with van der Waals surface area (Å²) in [6.45, 7) is 8.32. The lowest BCUT2D eigenvalue weighted by molar-refractivity contribution is 0.230. The van der Waals surface area contributed by atoms with Gasteiger partial charge in [0.15, 0.2) is 5.96 Å². The van der Waals surface area contributed by atoms with Crippen molar-refractivity contribution in [2.75, 3.05) is 19.6 Å². The van der Waals surface area contributed by atoms with Crippen molar-refractivity contribution in [3.05, 3.63) is 66.1 Å². The highest BCUT2D eigenvalue weighted by Crippen LogP contribution is 2.14. The van der Waals surface area contributed by atoms with E-state index in [1.54, 1.807) is 0 Å². The molecule has 0 aliphatic heterocycles. The first-order chi connectivity index (χ1) is 13.6. The van der Waals surface area contributed by atoms with Crippen LogP contribution < -0.4 is 15.4 Å². The molecule has 0 fully saturated rings. The van der Waals surface area contributed by atoms with Gasteiger partial charge in [-0.1, -0.05) is 18.2 Å². The number of aryl methyl sites for hydroxylation is 1. The molecule has 148 valence electrons. The van der Waals surface area contributed by atoms with Crippen LogP contribution >= 0.6 is 0 Å². The number of benzene rings is 1. The van der Waals surface area contributed by atoms with Crippen LogP contribution in [0.25, 0.3) is 5.65 Å². The third-order valence-corrected chi connectivity index (χ3v) is 4.27. The van der Waals surface area contributed by atoms with Crippen molar-refractivity contribution in [3.63, 3.8) is 0 Å². The maximum absolute atomic E-state index is 5.96. The van der Waals surface area contributed by atoms with Gasteiger partial charge in [-0.15, -0.1) is 0 Å². The summed E-state index contributed by atoms with van der Waals surface area (Å²) in [5, 5.41) is 6.66. The molecule has 3 aromatic rings. The van der Waals surface area contributed by atoms with Gasteiger partial charge in [-0.25, -0.2) is 9.98 Å². The molecule has 1 atom stereocenters. The number of rotatable bonds is 8. The fraction of sp³-hybridized carbons (Fsp3) is 0.364. The number of hydrogen-bond acceptors (Lipinski definition) is 3. The molecule has 28 heavy (non-hydrogen) atoms. The molecule has 0 saturated heterocycles. The Kier molecular flexibility index (Phi) is 6.89. The second-order valence-electron chi connectivity index (χ2n) is 6.84. The van der Waals surface area contributed by atoms with Gasteiger partial charge >= 0.3 is 0 Å². The van der Waals surface area contributed by atoms with Crippen LogP contribution in [0.4, 0.5) is 0 Å². The number of guanidine groups is 1. The lowest BCUT2D eigenvalue weighted by Gasteiger charge is -2.15. The van der Waals surface area contributed by atoms with Crippen LogP contribution in [0.5, 0.6) is 5.75 Å². The van der Waals surface area contributed by atoms with E-state index in [9.17, 15) is 0 Å². The van der Waals surface area contributed by atoms with Crippen LogP contribution in [0, 0.1) is 6.92 Å². The zero-order valence-corrected chi connectivity index (χ0v) is 16.9. The Balaban J connectivity index is 1.50. The van der Waals surface area contributed by atoms with E-state index in [4.69, 9.17) is 4.74 Å². The SMILES string of the molecule is CCNC(=NCC(C)Oc1cccc(C)c1)NCCc1cn2ccccc2n1. The first-order valence-corrected chi connectivity index (χ1v) is 9.82. The van der Waals surface area contributed by atoms with Gasteiger partial charge in [-0.3, -0.25) is 0 Å². The van der Waals surface area contributed by atoms with Crippen molar-refractivity contribution in [3.8, 4) is 5.75 Å². The van der Waals surface area contributed by atoms with E-state index in [1.807, 2.05) is 53.9 Å². The van der Waals surface area contributed by atoms with Gasteiger partial charge in [0.2, 0.25) is 0 Å². The maximum atomic E-state index is 5.96. The maximum Gasteiger partial charge on any atom is 0.191 e. The fourth-order valence-corrected chi connectivity index (χ4v) is 2.94. The second kappa shape index (κ2) is 9.78. The summed E-state index contributed by atoms with van der Waals surface area (Å²) >= 11 is 0. The number of aromatic nitrogens is 2. The minimum atomic E-state index is -0.00399. The number of aliphatic imine (C=N–C) groups is 1. The molecule has 2 heterocycles. The number of hydrogen-bond donors (Lipinski definition) is 2. The summed E-state index contributed by atoms with van der Waals surface area (Å²) in [6, 6.07) is 14.1. The summed E-state index contributed by atoms with van der Waals surface area (Å²) in [7, 11) is 0. The number of fused-ring (bicyclic) bond motifs is 1. The molecular formula is C22H29N5O. The zero-order valence-electron chi connectivity index (χ0n) is 16.9. The van der Waals surface area contributed by atoms with Gasteiger partial charge in [-0.05, 0) is 50.6 Å². The van der Waals surface area contributed by atoms with Crippen molar-refractivity contribution in [1.29, 1.82) is 0 Å². The molecule has 0 amide bonds. The summed E-state index contributed by atoms with van der Waals surface area (Å²) < 4.78 is 8.00. The van der Waals surface area contributed by atoms with E-state index in [0.29, 0.717) is 6.54 Å². The predicted octanol–water partition coefficient (Wildman–Crippen LogP) is 3.21. The van der Waals surface area contributed by atoms with Gasteiger partial charge < -0.3 is 19.8 Å². The standard InChI is InChI=1S/C22H29N5O/c1-4-23-22(25-15-18(3)28-20-9-7-8-17(2)14-20)24-12-11-19-16-27-13-6-5-10-21(27)26-19/h5-10,13-14,16,18H,4,11-12,15H2,1-3H3,(H2,23,24,25). The molecule has 3 rings (SSSR count). The van der Waals surface area contributed by atoms with Crippen LogP contribution in [0.3, 0.4) is 0 Å². The summed E-state index contributed by atoms with van der Waals surface area (Å²) in [5.41, 5.74) is 3.22. The second-order valence-corrected chi connectivity index (χ2v) is 6.84. The van der Waals surface area contributed by atoms with Gasteiger partial charge in [0.1, 0.15) is 17.5 Å². The fourth-order valence-electron chi connectivity index (χ4n) is 2.94. The van der Waals surface area contributed by atoms with Crippen molar-refractivity contribution < 1.29 is 4.74 Å². The third kappa shape index (κ3) is 5.74. The van der Waals surface area contributed by atoms with Crippen molar-refractivity contribution in [2.45, 2.75) is 33.3 Å². The highest BCUT2D eigenvalue weighted by Gasteiger charge is 2.06. The number of imidazole rings is 1. The smallest absolute Gasteiger partial charge is 0.191 e. The highest BCUT2D eigenvalue weighted by atomic mass is 16.5. The molecule has 0 radical (unpaired) electrons. The number of nitrogens with one attached hydrogen (secondary N) is 2. The Bertz CT molecular complexity index is 885. The van der Waals surface area contributed by atoms with Crippen LogP contribution in [0.1, 0.15) is 25.1 Å². The Morgan fingerprint density at radius 2 is 2.11 bits per heavy atom. The summed E-state index contributed by atoms with van der Waals surface area (Å²) in [5.74, 6) is 1.68. The van der Waals surface area contributed by atoms with E-state index in [2.05, 4.69) is 46.7 Å². The average molecular weight is 380 g/mol. The molecule has 2 aromatic heterocycles. The Labute approximate surface area is 166 Å². The molecule has 2 N–H and O–H groups in total. The largest absolute Gasteiger partial charge is 0.489 e. The quantitative estimate of drug-likeness (QED) is 0.466. The van der Waals surface area contributed by atoms with Crippen LogP contribution in [-0.2, 0) is 6.42 Å². The van der Waals surface area contributed by atoms with E-state index in [1.165, 1.54) is 5.56 Å². The summed E-state index contributed by atoms with van der Waals surface area (Å²) in [6.07, 6.45) is 4.91. The predicted molar refractivity (Wildman–Crippen MR) is 114 cm³/mol. The molecule has 6 heteroatoms. The topological polar surface area (TPSA) is 63.0 Å². The van der Waals surface area contributed by atoms with E-state index < -0.39 is 0 Å². The monoisotopic (exact) mass is 379 g/mol. The lowest BCUT2D eigenvalue weighted by atomic mass is 10.2. The van der Waals surface area contributed by atoms with Crippen LogP contribution in [0.2, 0.25) is 0 Å². The van der Waals surface area contributed by atoms with Crippen molar-refractivity contribution in [2.24, 2.45) is 4.99 Å². The molecule has 6 nitrogen and oxygen atoms in total. The first-order valence-electron chi connectivity index (χ1n) is 9.82. The highest BCUT2D eigenvalue weighted by molar-refractivity contribution is 5.79. The lowest BCUT2D eigenvalue weighted by Crippen LogP contribution is -2.39. The summed E-state index contributed by atoms with van der Waals surface area (Å²) in [4.78, 5) is 9.28. The van der Waals surface area contributed by atoms with Gasteiger partial charge in [0.25, 0.3) is 0 Å². The van der Waals surface area contributed by atoms with E-state index >= 15 is 0 Å². The number of ether oxygens (including phenoxy) is 1. The van der Waals surface area contributed by atoms with Crippen molar-refractivity contribution >= 4 is 11.6 Å². The molecule has 0 bridgehead atoms. The van der Waals surface area contributed by atoms with Gasteiger partial charge in [0.05, 0.1) is 12.2 Å². The van der Waals surface area contributed by atoms with Gasteiger partial charge in [-0.2, -0.15) is 0 Å². The third-order valence-electron chi connectivity index (χ3n) is 4.27. The van der Waals surface area contributed by atoms with Crippen molar-refractivity contribution in [1.82, 2.24) is 20.0 Å². The molecule has 1 unspecified atom stereocenters. The van der Waals surface area contributed by atoms with Crippen LogP contribution in [0.15, 0.2) is 59.9 Å². The first kappa shape index (κ1) is 19.7. The Hall–Kier alpha value is -3.02.